The minimum Gasteiger partial charge on any atom is -0.393 e. The van der Waals surface area contributed by atoms with Crippen LogP contribution < -0.4 is 0 Å². The standard InChI is InChI=1S/C29H39FO3/c1-19(17-33-18-21-6-10-24(30)11-7-21)26-12-13-27-22(5-4-14-29(26,27)3)8-9-23-15-25(31)16-28(32)20(23)2/h6-11,19,25-28,31-32H,2,4-5,12-18H2,1,3H3/b22-8+,23-9-/t19-,25-,26-,27?,28?,29?/m1/s1. The zero-order valence-electron chi connectivity index (χ0n) is 20.1. The second-order valence-corrected chi connectivity index (χ2v) is 10.8. The largest absolute Gasteiger partial charge is 0.393 e. The smallest absolute Gasteiger partial charge is 0.123 e. The van der Waals surface area contributed by atoms with Gasteiger partial charge in [0.25, 0.3) is 0 Å². The third kappa shape index (κ3) is 5.34. The molecule has 4 rings (SSSR count). The fourth-order valence-electron chi connectivity index (χ4n) is 6.74. The van der Waals surface area contributed by atoms with Crippen LogP contribution in [0.3, 0.4) is 0 Å². The molecule has 3 unspecified atom stereocenters. The van der Waals surface area contributed by atoms with Gasteiger partial charge in [-0.3, -0.25) is 0 Å². The Bertz CT molecular complexity index is 902. The average molecular weight is 455 g/mol. The van der Waals surface area contributed by atoms with E-state index < -0.39 is 12.2 Å². The summed E-state index contributed by atoms with van der Waals surface area (Å²) in [5.41, 5.74) is 4.55. The number of allylic oxidation sites excluding steroid dienone is 3. The summed E-state index contributed by atoms with van der Waals surface area (Å²) in [6, 6.07) is 6.55. The zero-order valence-corrected chi connectivity index (χ0v) is 20.1. The summed E-state index contributed by atoms with van der Waals surface area (Å²) < 4.78 is 19.2. The molecule has 1 aromatic rings. The molecule has 0 bridgehead atoms. The Balaban J connectivity index is 1.40. The van der Waals surface area contributed by atoms with Crippen LogP contribution in [0.1, 0.15) is 64.4 Å². The predicted octanol–water partition coefficient (Wildman–Crippen LogP) is 6.12. The van der Waals surface area contributed by atoms with Crippen LogP contribution in [0, 0.1) is 29.0 Å². The molecule has 3 saturated carbocycles. The van der Waals surface area contributed by atoms with Gasteiger partial charge in [-0.2, -0.15) is 0 Å². The average Bonchev–Trinajstić information content (AvgIpc) is 3.14. The maximum Gasteiger partial charge on any atom is 0.123 e. The number of aliphatic hydroxyl groups excluding tert-OH is 2. The van der Waals surface area contributed by atoms with Crippen LogP contribution in [0.5, 0.6) is 0 Å². The molecule has 0 saturated heterocycles. The number of rotatable bonds is 6. The molecule has 2 N–H and O–H groups in total. The summed E-state index contributed by atoms with van der Waals surface area (Å²) in [5, 5.41) is 20.2. The Kier molecular flexibility index (Phi) is 7.57. The molecule has 3 nitrogen and oxygen atoms in total. The van der Waals surface area contributed by atoms with Crippen molar-refractivity contribution in [1.82, 2.24) is 0 Å². The summed E-state index contributed by atoms with van der Waals surface area (Å²) in [4.78, 5) is 0. The minimum absolute atomic E-state index is 0.214. The molecule has 4 heteroatoms. The van der Waals surface area contributed by atoms with Crippen LogP contribution in [0.15, 0.2) is 59.7 Å². The third-order valence-electron chi connectivity index (χ3n) is 8.55. The van der Waals surface area contributed by atoms with Crippen molar-refractivity contribution in [2.45, 2.75) is 77.6 Å². The quantitative estimate of drug-likeness (QED) is 0.544. The van der Waals surface area contributed by atoms with E-state index in [1.807, 2.05) is 0 Å². The Morgan fingerprint density at radius 1 is 1.21 bits per heavy atom. The van der Waals surface area contributed by atoms with Crippen molar-refractivity contribution in [3.8, 4) is 0 Å². The zero-order chi connectivity index (χ0) is 23.6. The van der Waals surface area contributed by atoms with Crippen molar-refractivity contribution in [1.29, 1.82) is 0 Å². The fraction of sp³-hybridized carbons (Fsp3) is 0.586. The van der Waals surface area contributed by atoms with Crippen LogP contribution in [0.4, 0.5) is 4.39 Å². The van der Waals surface area contributed by atoms with Gasteiger partial charge >= 0.3 is 0 Å². The third-order valence-corrected chi connectivity index (χ3v) is 8.55. The van der Waals surface area contributed by atoms with E-state index in [2.05, 4.69) is 32.6 Å². The lowest BCUT2D eigenvalue weighted by Gasteiger charge is -2.44. The number of halogens is 1. The van der Waals surface area contributed by atoms with Gasteiger partial charge in [0.05, 0.1) is 18.8 Å². The van der Waals surface area contributed by atoms with Gasteiger partial charge in [-0.15, -0.1) is 0 Å². The molecule has 0 spiro atoms. The Labute approximate surface area is 198 Å². The lowest BCUT2D eigenvalue weighted by Crippen LogP contribution is -2.37. The van der Waals surface area contributed by atoms with Gasteiger partial charge < -0.3 is 14.9 Å². The van der Waals surface area contributed by atoms with Crippen molar-refractivity contribution < 1.29 is 19.3 Å². The van der Waals surface area contributed by atoms with Gasteiger partial charge in [0, 0.05) is 13.0 Å². The molecule has 6 atom stereocenters. The van der Waals surface area contributed by atoms with Crippen LogP contribution in [-0.2, 0) is 11.3 Å². The normalized spacial score (nSPS) is 35.7. The summed E-state index contributed by atoms with van der Waals surface area (Å²) in [5.74, 6) is 1.47. The molecule has 180 valence electrons. The van der Waals surface area contributed by atoms with Crippen LogP contribution in [-0.4, -0.2) is 29.0 Å². The maximum absolute atomic E-state index is 13.1. The number of ether oxygens (including phenoxy) is 1. The summed E-state index contributed by atoms with van der Waals surface area (Å²) >= 11 is 0. The van der Waals surface area contributed by atoms with E-state index in [1.165, 1.54) is 43.4 Å². The van der Waals surface area contributed by atoms with Gasteiger partial charge in [-0.1, -0.05) is 50.3 Å². The SMILES string of the molecule is C=C1/C(=C\C=C2/CCCC3(C)C2CC[C@@H]3[C@H](C)COCc2ccc(F)cc2)C[C@@H](O)CC1O. The topological polar surface area (TPSA) is 49.7 Å². The lowest BCUT2D eigenvalue weighted by molar-refractivity contribution is 0.0277. The summed E-state index contributed by atoms with van der Waals surface area (Å²) in [6.45, 7) is 10.1. The first-order valence-corrected chi connectivity index (χ1v) is 12.5. The molecular formula is C29H39FO3. The first-order valence-electron chi connectivity index (χ1n) is 12.5. The van der Waals surface area contributed by atoms with Gasteiger partial charge in [0.1, 0.15) is 5.82 Å². The Morgan fingerprint density at radius 3 is 2.73 bits per heavy atom. The molecule has 0 aliphatic heterocycles. The highest BCUT2D eigenvalue weighted by Crippen LogP contribution is 2.59. The van der Waals surface area contributed by atoms with E-state index >= 15 is 0 Å². The van der Waals surface area contributed by atoms with Crippen molar-refractivity contribution in [3.05, 3.63) is 71.1 Å². The van der Waals surface area contributed by atoms with Crippen molar-refractivity contribution in [2.24, 2.45) is 23.2 Å². The molecule has 0 radical (unpaired) electrons. The van der Waals surface area contributed by atoms with E-state index in [0.29, 0.717) is 37.2 Å². The van der Waals surface area contributed by atoms with Crippen molar-refractivity contribution in [3.63, 3.8) is 0 Å². The number of fused-ring (bicyclic) bond motifs is 1. The Morgan fingerprint density at radius 2 is 1.97 bits per heavy atom. The summed E-state index contributed by atoms with van der Waals surface area (Å²) in [7, 11) is 0. The molecule has 1 aromatic carbocycles. The highest BCUT2D eigenvalue weighted by Gasteiger charge is 2.50. The molecule has 3 aliphatic carbocycles. The monoisotopic (exact) mass is 454 g/mol. The maximum atomic E-state index is 13.1. The van der Waals surface area contributed by atoms with Gasteiger partial charge in [0.2, 0.25) is 0 Å². The molecule has 0 aromatic heterocycles. The molecular weight excluding hydrogens is 415 g/mol. The van der Waals surface area contributed by atoms with E-state index in [9.17, 15) is 14.6 Å². The molecule has 3 fully saturated rings. The second-order valence-electron chi connectivity index (χ2n) is 10.8. The molecule has 0 heterocycles. The first-order chi connectivity index (χ1) is 15.8. The highest BCUT2D eigenvalue weighted by atomic mass is 19.1. The van der Waals surface area contributed by atoms with Crippen LogP contribution in [0.25, 0.3) is 0 Å². The van der Waals surface area contributed by atoms with Crippen LogP contribution >= 0.6 is 0 Å². The number of aliphatic hydroxyl groups is 2. The molecule has 33 heavy (non-hydrogen) atoms. The molecule has 3 aliphatic rings. The fourth-order valence-corrected chi connectivity index (χ4v) is 6.74. The summed E-state index contributed by atoms with van der Waals surface area (Å²) in [6.07, 6.45) is 10.2. The second kappa shape index (κ2) is 10.2. The molecule has 0 amide bonds. The van der Waals surface area contributed by atoms with E-state index in [4.69, 9.17) is 4.74 Å². The van der Waals surface area contributed by atoms with Crippen molar-refractivity contribution >= 4 is 0 Å². The first kappa shape index (κ1) is 24.4. The van der Waals surface area contributed by atoms with Gasteiger partial charge in [0.15, 0.2) is 0 Å². The number of benzene rings is 1. The minimum atomic E-state index is -0.637. The van der Waals surface area contributed by atoms with Gasteiger partial charge in [-0.05, 0) is 90.5 Å². The number of hydrogen-bond donors (Lipinski definition) is 2. The van der Waals surface area contributed by atoms with Crippen LogP contribution in [0.2, 0.25) is 0 Å². The number of hydrogen-bond acceptors (Lipinski definition) is 3. The van der Waals surface area contributed by atoms with E-state index in [-0.39, 0.29) is 11.2 Å². The van der Waals surface area contributed by atoms with Crippen molar-refractivity contribution in [2.75, 3.05) is 6.61 Å². The van der Waals surface area contributed by atoms with E-state index in [1.54, 1.807) is 12.1 Å². The Hall–Kier alpha value is -1.75. The highest BCUT2D eigenvalue weighted by molar-refractivity contribution is 5.38. The predicted molar refractivity (Wildman–Crippen MR) is 130 cm³/mol. The van der Waals surface area contributed by atoms with Gasteiger partial charge in [-0.25, -0.2) is 4.39 Å². The van der Waals surface area contributed by atoms with E-state index in [0.717, 1.165) is 29.7 Å². The lowest BCUT2D eigenvalue weighted by atomic mass is 9.61.